The van der Waals surface area contributed by atoms with Crippen LogP contribution in [0.4, 0.5) is 0 Å². The van der Waals surface area contributed by atoms with Crippen molar-refractivity contribution < 1.29 is 0 Å². The summed E-state index contributed by atoms with van der Waals surface area (Å²) in [4.78, 5) is 4.01. The van der Waals surface area contributed by atoms with Gasteiger partial charge in [-0.15, -0.1) is 0 Å². The Balaban J connectivity index is 3.19. The Kier molecular flexibility index (Phi) is 3.90. The normalized spacial score (nSPS) is 11.5. The van der Waals surface area contributed by atoms with Crippen molar-refractivity contribution in [2.45, 2.75) is 0 Å². The molecule has 1 aromatic rings. The monoisotopic (exact) mass is 305 g/mol. The number of nitrogens with zero attached hydrogens (tertiary/aromatic N) is 1. The highest BCUT2D eigenvalue weighted by atomic mass is 79.9. The molecule has 0 amide bonds. The third-order valence-electron chi connectivity index (χ3n) is 1.54. The predicted octanol–water partition coefficient (Wildman–Crippen LogP) is 2.05. The van der Waals surface area contributed by atoms with Gasteiger partial charge in [0.25, 0.3) is 0 Å². The number of aliphatic imine (C=N–C) groups is 1. The van der Waals surface area contributed by atoms with Gasteiger partial charge in [-0.3, -0.25) is 4.99 Å². The molecule has 0 heterocycles. The van der Waals surface area contributed by atoms with E-state index in [1.54, 1.807) is 7.05 Å². The van der Waals surface area contributed by atoms with Crippen molar-refractivity contribution in [1.82, 2.24) is 5.43 Å². The molecule has 0 bridgehead atoms. The van der Waals surface area contributed by atoms with Crippen LogP contribution in [0, 0.1) is 0 Å². The number of nitrogens with one attached hydrogen (secondary N) is 1. The maximum Gasteiger partial charge on any atom is 0.143 e. The van der Waals surface area contributed by atoms with Crippen molar-refractivity contribution in [2.75, 3.05) is 7.05 Å². The van der Waals surface area contributed by atoms with Crippen LogP contribution in [0.3, 0.4) is 0 Å². The number of hydrogen-bond donors (Lipinski definition) is 2. The Morgan fingerprint density at radius 1 is 1.46 bits per heavy atom. The van der Waals surface area contributed by atoms with Crippen molar-refractivity contribution in [3.63, 3.8) is 0 Å². The molecule has 5 heteroatoms. The number of hydrazine groups is 1. The Morgan fingerprint density at radius 3 is 2.69 bits per heavy atom. The second kappa shape index (κ2) is 4.74. The molecular weight excluding hydrogens is 298 g/mol. The first kappa shape index (κ1) is 10.7. The van der Waals surface area contributed by atoms with Crippen LogP contribution >= 0.6 is 31.9 Å². The van der Waals surface area contributed by atoms with E-state index in [4.69, 9.17) is 5.84 Å². The van der Waals surface area contributed by atoms with Crippen LogP contribution in [0.1, 0.15) is 5.56 Å². The second-order valence-electron chi connectivity index (χ2n) is 2.34. The molecule has 0 aliphatic heterocycles. The van der Waals surface area contributed by atoms with Gasteiger partial charge >= 0.3 is 0 Å². The summed E-state index contributed by atoms with van der Waals surface area (Å²) in [5, 5.41) is 0. The Hall–Kier alpha value is -0.390. The lowest BCUT2D eigenvalue weighted by atomic mass is 10.2. The van der Waals surface area contributed by atoms with Crippen LogP contribution < -0.4 is 11.3 Å². The summed E-state index contributed by atoms with van der Waals surface area (Å²) >= 11 is 6.79. The molecule has 3 nitrogen and oxygen atoms in total. The summed E-state index contributed by atoms with van der Waals surface area (Å²) in [6.07, 6.45) is 0. The molecule has 0 fully saturated rings. The molecule has 70 valence electrons. The van der Waals surface area contributed by atoms with Crippen LogP contribution in [0.15, 0.2) is 32.1 Å². The minimum atomic E-state index is 0.646. The molecule has 0 atom stereocenters. The van der Waals surface area contributed by atoms with E-state index in [9.17, 15) is 0 Å². The zero-order chi connectivity index (χ0) is 9.84. The zero-order valence-corrected chi connectivity index (χ0v) is 10.2. The van der Waals surface area contributed by atoms with Gasteiger partial charge in [0.1, 0.15) is 5.84 Å². The van der Waals surface area contributed by atoms with Crippen LogP contribution in [0.2, 0.25) is 0 Å². The summed E-state index contributed by atoms with van der Waals surface area (Å²) in [6.45, 7) is 0. The summed E-state index contributed by atoms with van der Waals surface area (Å²) in [5.41, 5.74) is 3.47. The maximum atomic E-state index is 5.32. The average Bonchev–Trinajstić information content (AvgIpc) is 2.13. The van der Waals surface area contributed by atoms with Gasteiger partial charge in [-0.1, -0.05) is 31.9 Å². The number of nitrogens with two attached hydrogens (primary N) is 1. The molecule has 1 rings (SSSR count). The molecule has 0 spiro atoms. The summed E-state index contributed by atoms with van der Waals surface area (Å²) in [7, 11) is 1.68. The molecule has 0 aliphatic rings. The van der Waals surface area contributed by atoms with Crippen LogP contribution in [-0.2, 0) is 0 Å². The first-order valence-electron chi connectivity index (χ1n) is 3.58. The van der Waals surface area contributed by atoms with E-state index in [1.807, 2.05) is 18.2 Å². The fraction of sp³-hybridized carbons (Fsp3) is 0.125. The Morgan fingerprint density at radius 2 is 2.15 bits per heavy atom. The minimum Gasteiger partial charge on any atom is -0.308 e. The number of rotatable bonds is 1. The number of benzene rings is 1. The van der Waals surface area contributed by atoms with E-state index >= 15 is 0 Å². The third kappa shape index (κ3) is 2.52. The summed E-state index contributed by atoms with van der Waals surface area (Å²) in [5.74, 6) is 5.96. The minimum absolute atomic E-state index is 0.646. The second-order valence-corrected chi connectivity index (χ2v) is 4.11. The lowest BCUT2D eigenvalue weighted by molar-refractivity contribution is 1.02. The van der Waals surface area contributed by atoms with Gasteiger partial charge in [0.15, 0.2) is 0 Å². The van der Waals surface area contributed by atoms with Crippen molar-refractivity contribution in [3.05, 3.63) is 32.7 Å². The number of halogens is 2. The van der Waals surface area contributed by atoms with Gasteiger partial charge in [0, 0.05) is 21.6 Å². The Bertz CT molecular complexity index is 336. The van der Waals surface area contributed by atoms with E-state index in [-0.39, 0.29) is 0 Å². The maximum absolute atomic E-state index is 5.32. The number of amidine groups is 1. The smallest absolute Gasteiger partial charge is 0.143 e. The lowest BCUT2D eigenvalue weighted by Crippen LogP contribution is -2.31. The van der Waals surface area contributed by atoms with Crippen LogP contribution in [-0.4, -0.2) is 12.9 Å². The van der Waals surface area contributed by atoms with Crippen molar-refractivity contribution >= 4 is 37.7 Å². The van der Waals surface area contributed by atoms with E-state index in [0.29, 0.717) is 5.84 Å². The molecule has 1 aromatic carbocycles. The highest BCUT2D eigenvalue weighted by Crippen LogP contribution is 2.21. The van der Waals surface area contributed by atoms with Gasteiger partial charge in [0.2, 0.25) is 0 Å². The fourth-order valence-corrected chi connectivity index (χ4v) is 1.74. The molecule has 0 aromatic heterocycles. The van der Waals surface area contributed by atoms with Gasteiger partial charge in [0.05, 0.1) is 0 Å². The summed E-state index contributed by atoms with van der Waals surface area (Å²) < 4.78 is 1.94. The van der Waals surface area contributed by atoms with Crippen molar-refractivity contribution in [3.8, 4) is 0 Å². The largest absolute Gasteiger partial charge is 0.308 e. The SMILES string of the molecule is CN=C(NN)c1cc(Br)ccc1Br. The van der Waals surface area contributed by atoms with Gasteiger partial charge in [-0.05, 0) is 18.2 Å². The molecular formula is C8H9Br2N3. The van der Waals surface area contributed by atoms with Gasteiger partial charge < -0.3 is 5.43 Å². The van der Waals surface area contributed by atoms with Crippen LogP contribution in [0.5, 0.6) is 0 Å². The highest BCUT2D eigenvalue weighted by Gasteiger charge is 2.05. The number of hydrogen-bond acceptors (Lipinski definition) is 2. The fourth-order valence-electron chi connectivity index (χ4n) is 0.942. The molecule has 0 radical (unpaired) electrons. The molecule has 0 saturated heterocycles. The van der Waals surface area contributed by atoms with E-state index in [2.05, 4.69) is 42.3 Å². The first-order valence-corrected chi connectivity index (χ1v) is 5.16. The van der Waals surface area contributed by atoms with Crippen molar-refractivity contribution in [2.24, 2.45) is 10.8 Å². The quantitative estimate of drug-likeness (QED) is 0.361. The summed E-state index contributed by atoms with van der Waals surface area (Å²) in [6, 6.07) is 5.81. The standard InChI is InChI=1S/C8H9Br2N3/c1-12-8(13-11)6-4-5(9)2-3-7(6)10/h2-4H,11H2,1H3,(H,12,13). The van der Waals surface area contributed by atoms with Gasteiger partial charge in [-0.2, -0.15) is 0 Å². The van der Waals surface area contributed by atoms with Crippen LogP contribution in [0.25, 0.3) is 0 Å². The molecule has 0 saturated carbocycles. The molecule has 0 unspecified atom stereocenters. The first-order chi connectivity index (χ1) is 6.19. The van der Waals surface area contributed by atoms with E-state index in [0.717, 1.165) is 14.5 Å². The zero-order valence-electron chi connectivity index (χ0n) is 7.01. The molecule has 0 aliphatic carbocycles. The van der Waals surface area contributed by atoms with E-state index in [1.165, 1.54) is 0 Å². The average molecular weight is 307 g/mol. The van der Waals surface area contributed by atoms with E-state index < -0.39 is 0 Å². The Labute approximate surface area is 93.7 Å². The predicted molar refractivity (Wildman–Crippen MR) is 61.6 cm³/mol. The highest BCUT2D eigenvalue weighted by molar-refractivity contribution is 9.11. The molecule has 3 N–H and O–H groups in total. The molecule has 13 heavy (non-hydrogen) atoms. The topological polar surface area (TPSA) is 50.4 Å². The third-order valence-corrected chi connectivity index (χ3v) is 2.73. The van der Waals surface area contributed by atoms with Crippen molar-refractivity contribution in [1.29, 1.82) is 0 Å². The lowest BCUT2D eigenvalue weighted by Gasteiger charge is -2.07. The van der Waals surface area contributed by atoms with Gasteiger partial charge in [-0.25, -0.2) is 5.84 Å².